The van der Waals surface area contributed by atoms with Crippen LogP contribution in [-0.4, -0.2) is 15.8 Å². The molecule has 1 aliphatic carbocycles. The fraction of sp³-hybridized carbons (Fsp3) is 0.625. The van der Waals surface area contributed by atoms with E-state index in [0.29, 0.717) is 12.0 Å². The van der Waals surface area contributed by atoms with E-state index in [1.54, 1.807) is 0 Å². The molecule has 0 radical (unpaired) electrons. The molecule has 3 nitrogen and oxygen atoms in total. The van der Waals surface area contributed by atoms with Crippen molar-refractivity contribution < 1.29 is 0 Å². The number of aryl methyl sites for hydroxylation is 1. The van der Waals surface area contributed by atoms with Gasteiger partial charge in [0.2, 0.25) is 0 Å². The third kappa shape index (κ3) is 0.959. The topological polar surface area (TPSA) is 43.8 Å². The highest BCUT2D eigenvalue weighted by Gasteiger charge is 2.36. The molecule has 2 rings (SSSR count). The molecule has 0 aliphatic heterocycles. The Bertz CT molecular complexity index is 277. The molecular formula is C8H13N3. The van der Waals surface area contributed by atoms with Crippen molar-refractivity contribution in [3.05, 3.63) is 17.5 Å². The van der Waals surface area contributed by atoms with Gasteiger partial charge in [0.25, 0.3) is 0 Å². The van der Waals surface area contributed by atoms with Crippen LogP contribution in [0.5, 0.6) is 0 Å². The van der Waals surface area contributed by atoms with Crippen molar-refractivity contribution in [3.63, 3.8) is 0 Å². The van der Waals surface area contributed by atoms with E-state index < -0.39 is 0 Å². The van der Waals surface area contributed by atoms with Crippen LogP contribution in [0, 0.1) is 6.92 Å². The fourth-order valence-corrected chi connectivity index (χ4v) is 1.45. The zero-order valence-corrected chi connectivity index (χ0v) is 6.91. The molecule has 0 amide bonds. The lowest BCUT2D eigenvalue weighted by molar-refractivity contribution is 0.737. The summed E-state index contributed by atoms with van der Waals surface area (Å²) in [6.07, 6.45) is 3.07. The molecule has 60 valence electrons. The highest BCUT2D eigenvalue weighted by Crippen LogP contribution is 2.39. The predicted octanol–water partition coefficient (Wildman–Crippen LogP) is 0.543. The average molecular weight is 151 g/mol. The molecule has 2 unspecified atom stereocenters. The van der Waals surface area contributed by atoms with Crippen LogP contribution in [0.1, 0.15) is 23.6 Å². The summed E-state index contributed by atoms with van der Waals surface area (Å²) in [6.45, 7) is 2.09. The Morgan fingerprint density at radius 3 is 2.73 bits per heavy atom. The summed E-state index contributed by atoms with van der Waals surface area (Å²) in [7, 11) is 1.97. The molecule has 1 fully saturated rings. The first-order chi connectivity index (χ1) is 5.20. The van der Waals surface area contributed by atoms with Crippen LogP contribution in [0.4, 0.5) is 0 Å². The monoisotopic (exact) mass is 151 g/mol. The first kappa shape index (κ1) is 6.85. The largest absolute Gasteiger partial charge is 0.327 e. The van der Waals surface area contributed by atoms with Crippen molar-refractivity contribution in [1.82, 2.24) is 9.78 Å². The van der Waals surface area contributed by atoms with Crippen LogP contribution in [-0.2, 0) is 7.05 Å². The molecule has 1 heterocycles. The van der Waals surface area contributed by atoms with Crippen molar-refractivity contribution in [1.29, 1.82) is 0 Å². The molecule has 0 spiro atoms. The van der Waals surface area contributed by atoms with Gasteiger partial charge in [0.1, 0.15) is 0 Å². The molecule has 0 aromatic carbocycles. The third-order valence-corrected chi connectivity index (χ3v) is 2.51. The molecule has 1 aromatic heterocycles. The molecular weight excluding hydrogens is 138 g/mol. The number of nitrogens with zero attached hydrogens (tertiary/aromatic N) is 2. The van der Waals surface area contributed by atoms with Gasteiger partial charge in [-0.2, -0.15) is 5.10 Å². The van der Waals surface area contributed by atoms with Gasteiger partial charge in [0.15, 0.2) is 0 Å². The van der Waals surface area contributed by atoms with Gasteiger partial charge in [-0.25, -0.2) is 0 Å². The summed E-state index contributed by atoms with van der Waals surface area (Å²) in [5, 5.41) is 4.17. The van der Waals surface area contributed by atoms with Crippen molar-refractivity contribution >= 4 is 0 Å². The second-order valence-corrected chi connectivity index (χ2v) is 3.31. The standard InChI is InChI=1S/C8H13N3/c1-5-7(4-10-11(5)2)6-3-8(6)9/h4,6,8H,3,9H2,1-2H3. The zero-order valence-electron chi connectivity index (χ0n) is 6.91. The van der Waals surface area contributed by atoms with E-state index in [2.05, 4.69) is 12.0 Å². The fourth-order valence-electron chi connectivity index (χ4n) is 1.45. The van der Waals surface area contributed by atoms with Gasteiger partial charge in [-0.15, -0.1) is 0 Å². The number of rotatable bonds is 1. The van der Waals surface area contributed by atoms with Crippen LogP contribution in [0.2, 0.25) is 0 Å². The lowest BCUT2D eigenvalue weighted by Crippen LogP contribution is -2.01. The van der Waals surface area contributed by atoms with Gasteiger partial charge in [-0.3, -0.25) is 4.68 Å². The Labute approximate surface area is 66.2 Å². The van der Waals surface area contributed by atoms with Crippen molar-refractivity contribution in [2.45, 2.75) is 25.3 Å². The minimum Gasteiger partial charge on any atom is -0.327 e. The average Bonchev–Trinajstić information content (AvgIpc) is 2.58. The lowest BCUT2D eigenvalue weighted by Gasteiger charge is -1.96. The molecule has 1 aliphatic rings. The maximum atomic E-state index is 5.74. The second-order valence-electron chi connectivity index (χ2n) is 3.31. The Morgan fingerprint density at radius 2 is 2.36 bits per heavy atom. The van der Waals surface area contributed by atoms with Gasteiger partial charge < -0.3 is 5.73 Å². The van der Waals surface area contributed by atoms with Crippen LogP contribution < -0.4 is 5.73 Å². The van der Waals surface area contributed by atoms with Gasteiger partial charge >= 0.3 is 0 Å². The van der Waals surface area contributed by atoms with Crippen molar-refractivity contribution in [2.24, 2.45) is 12.8 Å². The quantitative estimate of drug-likeness (QED) is 0.636. The minimum atomic E-state index is 0.387. The Kier molecular flexibility index (Phi) is 1.29. The predicted molar refractivity (Wildman–Crippen MR) is 43.3 cm³/mol. The summed E-state index contributed by atoms with van der Waals surface area (Å²) in [4.78, 5) is 0. The van der Waals surface area contributed by atoms with Crippen molar-refractivity contribution in [2.75, 3.05) is 0 Å². The number of hydrogen-bond acceptors (Lipinski definition) is 2. The van der Waals surface area contributed by atoms with E-state index >= 15 is 0 Å². The number of hydrogen-bond donors (Lipinski definition) is 1. The van der Waals surface area contributed by atoms with Gasteiger partial charge in [0.05, 0.1) is 6.20 Å². The van der Waals surface area contributed by atoms with E-state index in [-0.39, 0.29) is 0 Å². The molecule has 0 saturated heterocycles. The van der Waals surface area contributed by atoms with Gasteiger partial charge in [-0.05, 0) is 18.9 Å². The highest BCUT2D eigenvalue weighted by molar-refractivity contribution is 5.28. The van der Waals surface area contributed by atoms with E-state index in [1.165, 1.54) is 11.3 Å². The van der Waals surface area contributed by atoms with Gasteiger partial charge in [-0.1, -0.05) is 0 Å². The summed E-state index contributed by atoms with van der Waals surface area (Å²) in [5.74, 6) is 0.587. The van der Waals surface area contributed by atoms with Gasteiger partial charge in [0, 0.05) is 24.7 Å². The summed E-state index contributed by atoms with van der Waals surface area (Å²) < 4.78 is 1.90. The molecule has 11 heavy (non-hydrogen) atoms. The summed E-state index contributed by atoms with van der Waals surface area (Å²) in [6, 6.07) is 0.387. The summed E-state index contributed by atoms with van der Waals surface area (Å²) >= 11 is 0. The van der Waals surface area contributed by atoms with E-state index in [4.69, 9.17) is 5.73 Å². The SMILES string of the molecule is Cc1c(C2CC2N)cnn1C. The maximum Gasteiger partial charge on any atom is 0.0527 e. The molecule has 2 N–H and O–H groups in total. The van der Waals surface area contributed by atoms with E-state index in [9.17, 15) is 0 Å². The molecule has 3 heteroatoms. The molecule has 1 saturated carbocycles. The Balaban J connectivity index is 2.31. The van der Waals surface area contributed by atoms with Crippen LogP contribution in [0.25, 0.3) is 0 Å². The first-order valence-electron chi connectivity index (χ1n) is 3.94. The number of nitrogens with two attached hydrogens (primary N) is 1. The van der Waals surface area contributed by atoms with E-state index in [1.807, 2.05) is 17.9 Å². The molecule has 0 bridgehead atoms. The van der Waals surface area contributed by atoms with Crippen molar-refractivity contribution in [3.8, 4) is 0 Å². The van der Waals surface area contributed by atoms with Crippen LogP contribution >= 0.6 is 0 Å². The first-order valence-corrected chi connectivity index (χ1v) is 3.94. The smallest absolute Gasteiger partial charge is 0.0527 e. The number of aromatic nitrogens is 2. The second kappa shape index (κ2) is 2.08. The zero-order chi connectivity index (χ0) is 8.01. The third-order valence-electron chi connectivity index (χ3n) is 2.51. The molecule has 2 atom stereocenters. The lowest BCUT2D eigenvalue weighted by atomic mass is 10.2. The molecule has 1 aromatic rings. The maximum absolute atomic E-state index is 5.74. The normalized spacial score (nSPS) is 29.0. The Hall–Kier alpha value is -0.830. The van der Waals surface area contributed by atoms with E-state index in [0.717, 1.165) is 6.42 Å². The Morgan fingerprint density at radius 1 is 1.73 bits per heavy atom. The highest BCUT2D eigenvalue weighted by atomic mass is 15.3. The summed E-state index contributed by atoms with van der Waals surface area (Å²) in [5.41, 5.74) is 8.33. The van der Waals surface area contributed by atoms with Crippen LogP contribution in [0.3, 0.4) is 0 Å². The minimum absolute atomic E-state index is 0.387. The van der Waals surface area contributed by atoms with Crippen LogP contribution in [0.15, 0.2) is 6.20 Å².